The van der Waals surface area contributed by atoms with E-state index in [0.717, 1.165) is 16.9 Å². The lowest BCUT2D eigenvalue weighted by molar-refractivity contribution is 1.17. The third kappa shape index (κ3) is 1.21. The Labute approximate surface area is 60.6 Å². The van der Waals surface area contributed by atoms with Gasteiger partial charge in [-0.1, -0.05) is 0 Å². The molecule has 52 valence electrons. The fraction of sp³-hybridized carbons (Fsp3) is 0.250. The number of hydrogen-bond acceptors (Lipinski definition) is 2. The summed E-state index contributed by atoms with van der Waals surface area (Å²) in [5.74, 6) is 0. The summed E-state index contributed by atoms with van der Waals surface area (Å²) in [7, 11) is 0. The molecule has 0 bridgehead atoms. The Morgan fingerprint density at radius 1 is 1.50 bits per heavy atom. The molecule has 0 aromatic carbocycles. The highest BCUT2D eigenvalue weighted by atomic mass is 14.8. The number of pyridine rings is 1. The first-order chi connectivity index (χ1) is 4.74. The Morgan fingerprint density at radius 2 is 2.20 bits per heavy atom. The van der Waals surface area contributed by atoms with Crippen LogP contribution in [0, 0.1) is 13.8 Å². The third-order valence-corrected chi connectivity index (χ3v) is 1.39. The third-order valence-electron chi connectivity index (χ3n) is 1.39. The predicted molar refractivity (Wildman–Crippen MR) is 42.9 cm³/mol. The molecule has 1 rings (SSSR count). The predicted octanol–water partition coefficient (Wildman–Crippen LogP) is 2.03. The first kappa shape index (κ1) is 6.93. The molecule has 0 radical (unpaired) electrons. The summed E-state index contributed by atoms with van der Waals surface area (Å²) in [6.07, 6.45) is 1.73. The van der Waals surface area contributed by atoms with Crippen LogP contribution in [0.4, 0.5) is 5.69 Å². The van der Waals surface area contributed by atoms with Crippen LogP contribution >= 0.6 is 0 Å². The van der Waals surface area contributed by atoms with Crippen molar-refractivity contribution in [3.05, 3.63) is 23.5 Å². The van der Waals surface area contributed by atoms with Crippen molar-refractivity contribution in [2.24, 2.45) is 4.99 Å². The van der Waals surface area contributed by atoms with E-state index in [-0.39, 0.29) is 0 Å². The van der Waals surface area contributed by atoms with Crippen molar-refractivity contribution in [3.8, 4) is 0 Å². The maximum absolute atomic E-state index is 4.08. The van der Waals surface area contributed by atoms with E-state index < -0.39 is 0 Å². The molecular weight excluding hydrogens is 124 g/mol. The zero-order valence-electron chi connectivity index (χ0n) is 6.26. The fourth-order valence-corrected chi connectivity index (χ4v) is 0.855. The van der Waals surface area contributed by atoms with Gasteiger partial charge < -0.3 is 0 Å². The second kappa shape index (κ2) is 2.60. The van der Waals surface area contributed by atoms with E-state index in [1.165, 1.54) is 0 Å². The summed E-state index contributed by atoms with van der Waals surface area (Å²) < 4.78 is 0. The van der Waals surface area contributed by atoms with E-state index in [9.17, 15) is 0 Å². The molecule has 0 fully saturated rings. The molecule has 1 heterocycles. The van der Waals surface area contributed by atoms with Gasteiger partial charge in [-0.05, 0) is 32.2 Å². The van der Waals surface area contributed by atoms with Crippen LogP contribution in [0.15, 0.2) is 17.3 Å². The van der Waals surface area contributed by atoms with Gasteiger partial charge in [0.05, 0.1) is 11.9 Å². The second-order valence-electron chi connectivity index (χ2n) is 2.27. The molecule has 0 saturated heterocycles. The van der Waals surface area contributed by atoms with Gasteiger partial charge in [-0.2, -0.15) is 0 Å². The molecule has 2 heteroatoms. The van der Waals surface area contributed by atoms with Gasteiger partial charge in [-0.25, -0.2) is 0 Å². The van der Waals surface area contributed by atoms with Crippen LogP contribution in [0.3, 0.4) is 0 Å². The molecule has 2 nitrogen and oxygen atoms in total. The Balaban J connectivity index is 3.19. The van der Waals surface area contributed by atoms with Gasteiger partial charge in [0.15, 0.2) is 0 Å². The van der Waals surface area contributed by atoms with Crippen molar-refractivity contribution >= 4 is 12.4 Å². The molecule has 1 aromatic heterocycles. The highest BCUT2D eigenvalue weighted by molar-refractivity contribution is 5.49. The van der Waals surface area contributed by atoms with Gasteiger partial charge in [0.2, 0.25) is 0 Å². The van der Waals surface area contributed by atoms with Crippen LogP contribution in [0.1, 0.15) is 11.3 Å². The molecule has 0 saturated carbocycles. The highest BCUT2D eigenvalue weighted by Gasteiger charge is 1.93. The Bertz CT molecular complexity index is 253. The van der Waals surface area contributed by atoms with Gasteiger partial charge in [-0.15, -0.1) is 0 Å². The monoisotopic (exact) mass is 134 g/mol. The lowest BCUT2D eigenvalue weighted by atomic mass is 10.2. The van der Waals surface area contributed by atoms with Crippen molar-refractivity contribution < 1.29 is 0 Å². The van der Waals surface area contributed by atoms with Crippen molar-refractivity contribution in [2.45, 2.75) is 13.8 Å². The fourth-order valence-electron chi connectivity index (χ4n) is 0.855. The highest BCUT2D eigenvalue weighted by Crippen LogP contribution is 2.15. The maximum atomic E-state index is 4.08. The van der Waals surface area contributed by atoms with E-state index in [2.05, 4.69) is 16.7 Å². The molecule has 0 N–H and O–H groups in total. The molecule has 0 unspecified atom stereocenters. The van der Waals surface area contributed by atoms with Gasteiger partial charge in [-0.3, -0.25) is 9.98 Å². The van der Waals surface area contributed by atoms with Crippen LogP contribution in [0.5, 0.6) is 0 Å². The summed E-state index contributed by atoms with van der Waals surface area (Å²) >= 11 is 0. The van der Waals surface area contributed by atoms with Crippen LogP contribution in [-0.4, -0.2) is 11.7 Å². The molecule has 0 amide bonds. The van der Waals surface area contributed by atoms with Crippen molar-refractivity contribution in [2.75, 3.05) is 0 Å². The number of rotatable bonds is 1. The van der Waals surface area contributed by atoms with Crippen LogP contribution in [0.25, 0.3) is 0 Å². The normalized spacial score (nSPS) is 9.40. The number of aliphatic imine (C=N–C) groups is 1. The summed E-state index contributed by atoms with van der Waals surface area (Å²) in [5.41, 5.74) is 3.01. The molecule has 0 atom stereocenters. The molecule has 0 aliphatic rings. The average molecular weight is 134 g/mol. The first-order valence-corrected chi connectivity index (χ1v) is 3.14. The molecule has 0 spiro atoms. The van der Waals surface area contributed by atoms with Gasteiger partial charge in [0, 0.05) is 5.69 Å². The smallest absolute Gasteiger partial charge is 0.0834 e. The van der Waals surface area contributed by atoms with Crippen LogP contribution in [0.2, 0.25) is 0 Å². The van der Waals surface area contributed by atoms with Crippen molar-refractivity contribution in [1.29, 1.82) is 0 Å². The maximum Gasteiger partial charge on any atom is 0.0834 e. The summed E-state index contributed by atoms with van der Waals surface area (Å²) in [6.45, 7) is 7.39. The molecule has 1 aromatic rings. The topological polar surface area (TPSA) is 25.2 Å². The minimum Gasteiger partial charge on any atom is -0.263 e. The lowest BCUT2D eigenvalue weighted by Crippen LogP contribution is -1.81. The number of aromatic nitrogens is 1. The molecule has 0 aliphatic heterocycles. The number of aryl methyl sites for hydroxylation is 2. The van der Waals surface area contributed by atoms with Crippen molar-refractivity contribution in [3.63, 3.8) is 0 Å². The largest absolute Gasteiger partial charge is 0.263 e. The zero-order valence-corrected chi connectivity index (χ0v) is 6.26. The molecule has 10 heavy (non-hydrogen) atoms. The SMILES string of the molecule is C=Nc1cnc(C)cc1C. The minimum absolute atomic E-state index is 0.866. The lowest BCUT2D eigenvalue weighted by Gasteiger charge is -1.97. The van der Waals surface area contributed by atoms with E-state index in [1.807, 2.05) is 19.9 Å². The van der Waals surface area contributed by atoms with Crippen LogP contribution < -0.4 is 0 Å². The summed E-state index contributed by atoms with van der Waals surface area (Å²) in [4.78, 5) is 7.88. The summed E-state index contributed by atoms with van der Waals surface area (Å²) in [6, 6.07) is 1.99. The zero-order chi connectivity index (χ0) is 7.56. The average Bonchev–Trinajstić information content (AvgIpc) is 1.88. The van der Waals surface area contributed by atoms with Crippen molar-refractivity contribution in [1.82, 2.24) is 4.98 Å². The van der Waals surface area contributed by atoms with Crippen LogP contribution in [-0.2, 0) is 0 Å². The van der Waals surface area contributed by atoms with Gasteiger partial charge >= 0.3 is 0 Å². The second-order valence-corrected chi connectivity index (χ2v) is 2.27. The van der Waals surface area contributed by atoms with E-state index in [0.29, 0.717) is 0 Å². The first-order valence-electron chi connectivity index (χ1n) is 3.14. The van der Waals surface area contributed by atoms with E-state index in [1.54, 1.807) is 6.20 Å². The van der Waals surface area contributed by atoms with Gasteiger partial charge in [0.1, 0.15) is 0 Å². The summed E-state index contributed by atoms with van der Waals surface area (Å²) in [5, 5.41) is 0. The van der Waals surface area contributed by atoms with E-state index in [4.69, 9.17) is 0 Å². The molecule has 0 aliphatic carbocycles. The Morgan fingerprint density at radius 3 is 2.70 bits per heavy atom. The van der Waals surface area contributed by atoms with Gasteiger partial charge in [0.25, 0.3) is 0 Å². The number of nitrogens with zero attached hydrogens (tertiary/aromatic N) is 2. The van der Waals surface area contributed by atoms with E-state index >= 15 is 0 Å². The quantitative estimate of drug-likeness (QED) is 0.539. The minimum atomic E-state index is 0.866. The Hall–Kier alpha value is -1.18. The number of hydrogen-bond donors (Lipinski definition) is 0. The standard InChI is InChI=1S/C8H10N2/c1-6-4-7(2)10-5-8(6)9-3/h4-5H,3H2,1-2H3. The molecular formula is C8H10N2. The Kier molecular flexibility index (Phi) is 1.81.